The maximum Gasteiger partial charge on any atom is 0.192 e. The molecular formula is C25H27N5OS. The van der Waals surface area contributed by atoms with Gasteiger partial charge in [0.05, 0.1) is 18.3 Å². The first-order valence-electron chi connectivity index (χ1n) is 11.1. The fraction of sp³-hybridized carbons (Fsp3) is 0.320. The van der Waals surface area contributed by atoms with Crippen LogP contribution in [0.2, 0.25) is 0 Å². The summed E-state index contributed by atoms with van der Waals surface area (Å²) < 4.78 is 2.18. The van der Waals surface area contributed by atoms with Gasteiger partial charge in [0, 0.05) is 22.7 Å². The summed E-state index contributed by atoms with van der Waals surface area (Å²) in [5, 5.41) is 10.5. The van der Waals surface area contributed by atoms with Crippen molar-refractivity contribution in [2.75, 3.05) is 13.1 Å². The predicted octanol–water partition coefficient (Wildman–Crippen LogP) is 4.77. The van der Waals surface area contributed by atoms with Crippen molar-refractivity contribution in [3.8, 4) is 0 Å². The number of aromatic nitrogens is 4. The van der Waals surface area contributed by atoms with Gasteiger partial charge in [-0.2, -0.15) is 0 Å². The smallest absolute Gasteiger partial charge is 0.192 e. The number of aromatic amines is 1. The van der Waals surface area contributed by atoms with Gasteiger partial charge in [-0.05, 0) is 44.5 Å². The van der Waals surface area contributed by atoms with Crippen molar-refractivity contribution in [3.05, 3.63) is 77.7 Å². The largest absolute Gasteiger partial charge is 0.360 e. The highest BCUT2D eigenvalue weighted by Gasteiger charge is 2.24. The molecule has 1 saturated heterocycles. The lowest BCUT2D eigenvalue weighted by molar-refractivity contribution is 0.0995. The number of benzene rings is 2. The highest BCUT2D eigenvalue weighted by atomic mass is 32.2. The molecule has 0 saturated carbocycles. The van der Waals surface area contributed by atoms with E-state index in [2.05, 4.69) is 48.9 Å². The lowest BCUT2D eigenvalue weighted by Gasteiger charge is -2.17. The minimum Gasteiger partial charge on any atom is -0.360 e. The monoisotopic (exact) mass is 445 g/mol. The van der Waals surface area contributed by atoms with E-state index in [0.717, 1.165) is 47.1 Å². The number of likely N-dealkylation sites (tertiary alicyclic amines) is 1. The number of para-hydroxylation sites is 1. The Hall–Kier alpha value is -2.90. The first kappa shape index (κ1) is 21.0. The Morgan fingerprint density at radius 2 is 1.78 bits per heavy atom. The Bertz CT molecular complexity index is 1210. The van der Waals surface area contributed by atoms with Gasteiger partial charge in [-0.25, -0.2) is 0 Å². The summed E-state index contributed by atoms with van der Waals surface area (Å²) in [6, 6.07) is 18.3. The van der Waals surface area contributed by atoms with Crippen molar-refractivity contribution >= 4 is 28.4 Å². The number of carbonyl (C=O) groups excluding carboxylic acids is 1. The van der Waals surface area contributed by atoms with Gasteiger partial charge in [-0.15, -0.1) is 10.2 Å². The summed E-state index contributed by atoms with van der Waals surface area (Å²) in [5.74, 6) is 1.06. The van der Waals surface area contributed by atoms with Crippen LogP contribution in [0.3, 0.4) is 0 Å². The Morgan fingerprint density at radius 3 is 2.59 bits per heavy atom. The Balaban J connectivity index is 1.40. The van der Waals surface area contributed by atoms with Crippen LogP contribution in [-0.4, -0.2) is 48.8 Å². The van der Waals surface area contributed by atoms with Crippen LogP contribution in [-0.2, 0) is 13.1 Å². The molecule has 0 aliphatic carbocycles. The number of carbonyl (C=O) groups is 1. The van der Waals surface area contributed by atoms with Crippen LogP contribution in [0.4, 0.5) is 0 Å². The van der Waals surface area contributed by atoms with Crippen LogP contribution in [0.15, 0.2) is 66.0 Å². The zero-order valence-electron chi connectivity index (χ0n) is 18.2. The van der Waals surface area contributed by atoms with E-state index in [1.165, 1.54) is 30.2 Å². The number of H-pyrrole nitrogens is 1. The molecule has 0 spiro atoms. The molecule has 0 radical (unpaired) electrons. The average molecular weight is 446 g/mol. The molecule has 2 aromatic carbocycles. The van der Waals surface area contributed by atoms with Crippen molar-refractivity contribution in [2.24, 2.45) is 0 Å². The number of hydrogen-bond donors (Lipinski definition) is 1. The molecule has 0 amide bonds. The van der Waals surface area contributed by atoms with Crippen molar-refractivity contribution in [1.29, 1.82) is 0 Å². The number of Topliss-reactive ketones (excluding diaryl/α,β-unsaturated/α-hetero) is 1. The second kappa shape index (κ2) is 9.30. The molecule has 1 atom stereocenters. The van der Waals surface area contributed by atoms with E-state index < -0.39 is 0 Å². The molecule has 32 heavy (non-hydrogen) atoms. The summed E-state index contributed by atoms with van der Waals surface area (Å²) in [4.78, 5) is 18.9. The van der Waals surface area contributed by atoms with Crippen LogP contribution in [0, 0.1) is 0 Å². The van der Waals surface area contributed by atoms with Crippen LogP contribution in [0.1, 0.15) is 41.5 Å². The second-order valence-corrected chi connectivity index (χ2v) is 9.63. The minimum atomic E-state index is -0.271. The van der Waals surface area contributed by atoms with E-state index in [1.54, 1.807) is 0 Å². The van der Waals surface area contributed by atoms with Gasteiger partial charge in [0.15, 0.2) is 10.9 Å². The van der Waals surface area contributed by atoms with Crippen LogP contribution in [0.25, 0.3) is 10.9 Å². The number of nitrogens with zero attached hydrogens (tertiary/aromatic N) is 4. The number of ketones is 1. The Labute approximate surface area is 192 Å². The van der Waals surface area contributed by atoms with Gasteiger partial charge >= 0.3 is 0 Å². The van der Waals surface area contributed by atoms with Gasteiger partial charge in [-0.1, -0.05) is 60.3 Å². The summed E-state index contributed by atoms with van der Waals surface area (Å²) in [7, 11) is 0. The number of thioether (sulfide) groups is 1. The summed E-state index contributed by atoms with van der Waals surface area (Å²) >= 11 is 1.49. The maximum absolute atomic E-state index is 13.3. The zero-order chi connectivity index (χ0) is 21.9. The average Bonchev–Trinajstić information content (AvgIpc) is 3.56. The summed E-state index contributed by atoms with van der Waals surface area (Å²) in [6.07, 6.45) is 4.30. The third-order valence-electron chi connectivity index (χ3n) is 6.05. The first-order valence-corrected chi connectivity index (χ1v) is 12.0. The molecule has 1 fully saturated rings. The van der Waals surface area contributed by atoms with E-state index in [1.807, 2.05) is 43.5 Å². The fourth-order valence-corrected chi connectivity index (χ4v) is 5.23. The topological polar surface area (TPSA) is 66.8 Å². The number of fused-ring (bicyclic) bond motifs is 1. The number of hydrogen-bond acceptors (Lipinski definition) is 5. The van der Waals surface area contributed by atoms with Gasteiger partial charge in [0.2, 0.25) is 0 Å². The summed E-state index contributed by atoms with van der Waals surface area (Å²) in [5.41, 5.74) is 2.91. The van der Waals surface area contributed by atoms with E-state index >= 15 is 0 Å². The van der Waals surface area contributed by atoms with Gasteiger partial charge < -0.3 is 9.55 Å². The van der Waals surface area contributed by atoms with Gasteiger partial charge in [0.1, 0.15) is 5.82 Å². The first-order chi connectivity index (χ1) is 15.7. The molecule has 5 rings (SSSR count). The molecule has 1 aliphatic rings. The Morgan fingerprint density at radius 1 is 1.03 bits per heavy atom. The third-order valence-corrected chi connectivity index (χ3v) is 7.13. The molecule has 6 nitrogen and oxygen atoms in total. The second-order valence-electron chi connectivity index (χ2n) is 8.33. The van der Waals surface area contributed by atoms with Crippen molar-refractivity contribution < 1.29 is 4.79 Å². The van der Waals surface area contributed by atoms with Crippen LogP contribution in [0.5, 0.6) is 0 Å². The molecule has 2 aromatic heterocycles. The molecular weight excluding hydrogens is 418 g/mol. The van der Waals surface area contributed by atoms with Gasteiger partial charge in [-0.3, -0.25) is 9.69 Å². The minimum absolute atomic E-state index is 0.0998. The van der Waals surface area contributed by atoms with Crippen molar-refractivity contribution in [2.45, 2.75) is 43.3 Å². The molecule has 0 bridgehead atoms. The molecule has 1 N–H and O–H groups in total. The lowest BCUT2D eigenvalue weighted by Crippen LogP contribution is -2.22. The summed E-state index contributed by atoms with van der Waals surface area (Å²) in [6.45, 7) is 5.67. The molecule has 164 valence electrons. The van der Waals surface area contributed by atoms with Crippen molar-refractivity contribution in [3.63, 3.8) is 0 Å². The molecule has 1 aliphatic heterocycles. The van der Waals surface area contributed by atoms with E-state index in [-0.39, 0.29) is 11.0 Å². The molecule has 3 heterocycles. The lowest BCUT2D eigenvalue weighted by atomic mass is 10.1. The number of nitrogens with one attached hydrogen (secondary N) is 1. The maximum atomic E-state index is 13.3. The quantitative estimate of drug-likeness (QED) is 0.313. The standard InChI is InChI=1S/C25H27N5OS/c1-18(24(31)21-15-26-22-12-6-5-11-20(21)22)32-25-28-27-23(17-29-13-7-8-14-29)30(25)16-19-9-3-2-4-10-19/h2-6,9-12,15,18,26H,7-8,13-14,16-17H2,1H3/t18-/m1/s1. The van der Waals surface area contributed by atoms with E-state index in [9.17, 15) is 4.79 Å². The molecule has 4 aromatic rings. The highest BCUT2D eigenvalue weighted by molar-refractivity contribution is 8.00. The SMILES string of the molecule is C[C@@H](Sc1nnc(CN2CCCC2)n1Cc1ccccc1)C(=O)c1c[nH]c2ccccc12. The van der Waals surface area contributed by atoms with Crippen LogP contribution < -0.4 is 0 Å². The zero-order valence-corrected chi connectivity index (χ0v) is 19.0. The van der Waals surface area contributed by atoms with Crippen LogP contribution >= 0.6 is 11.8 Å². The third kappa shape index (κ3) is 4.36. The highest BCUT2D eigenvalue weighted by Crippen LogP contribution is 2.29. The predicted molar refractivity (Wildman–Crippen MR) is 128 cm³/mol. The molecule has 0 unspecified atom stereocenters. The fourth-order valence-electron chi connectivity index (χ4n) is 4.29. The number of rotatable bonds is 8. The van der Waals surface area contributed by atoms with Crippen molar-refractivity contribution in [1.82, 2.24) is 24.6 Å². The van der Waals surface area contributed by atoms with Gasteiger partial charge in [0.25, 0.3) is 0 Å². The Kier molecular flexibility index (Phi) is 6.10. The van der Waals surface area contributed by atoms with E-state index in [4.69, 9.17) is 0 Å². The normalized spacial score (nSPS) is 15.4. The van der Waals surface area contributed by atoms with E-state index in [0.29, 0.717) is 6.54 Å². The molecule has 7 heteroatoms.